The highest BCUT2D eigenvalue weighted by Crippen LogP contribution is 2.44. The second-order valence-electron chi connectivity index (χ2n) is 10.4. The van der Waals surface area contributed by atoms with Crippen molar-refractivity contribution in [2.24, 2.45) is 11.8 Å². The molecule has 1 amide bonds. The highest BCUT2D eigenvalue weighted by Gasteiger charge is 2.28. The zero-order chi connectivity index (χ0) is 26.3. The first-order valence-corrected chi connectivity index (χ1v) is 14.5. The zero-order valence-corrected chi connectivity index (χ0v) is 22.2. The number of hydrogen-bond acceptors (Lipinski definition) is 6. The number of ether oxygens (including phenoxy) is 1. The van der Waals surface area contributed by atoms with E-state index in [2.05, 4.69) is 4.57 Å². The predicted molar refractivity (Wildman–Crippen MR) is 147 cm³/mol. The number of hydrogen-bond donors (Lipinski definition) is 2. The van der Waals surface area contributed by atoms with E-state index in [4.69, 9.17) is 16.3 Å². The normalized spacial score (nSPS) is 16.8. The average molecular weight is 526 g/mol. The maximum absolute atomic E-state index is 13.2. The largest absolute Gasteiger partial charge is 0.396 e. The van der Waals surface area contributed by atoms with Crippen molar-refractivity contribution in [2.75, 3.05) is 42.2 Å². The van der Waals surface area contributed by atoms with Gasteiger partial charge in [0, 0.05) is 35.6 Å². The molecule has 1 aliphatic carbocycles. The third-order valence-corrected chi connectivity index (χ3v) is 9.17. The first-order valence-electron chi connectivity index (χ1n) is 12.9. The van der Waals surface area contributed by atoms with E-state index >= 15 is 0 Å². The number of carbonyl (C=O) groups excluding carboxylic acids is 1. The minimum Gasteiger partial charge on any atom is -0.396 e. The number of nitrogen functional groups attached to an aromatic ring is 1. The Labute approximate surface area is 218 Å². The fourth-order valence-electron chi connectivity index (χ4n) is 5.17. The van der Waals surface area contributed by atoms with Crippen LogP contribution in [0.15, 0.2) is 42.5 Å². The van der Waals surface area contributed by atoms with Crippen LogP contribution in [0.5, 0.6) is 0 Å². The summed E-state index contributed by atoms with van der Waals surface area (Å²) in [6.45, 7) is 5.97. The van der Waals surface area contributed by atoms with Crippen LogP contribution in [0.3, 0.4) is 0 Å². The number of hydrazine groups is 1. The smallest absolute Gasteiger partial charge is 0.254 e. The highest BCUT2D eigenvalue weighted by molar-refractivity contribution is 7.92. The quantitative estimate of drug-likeness (QED) is 0.358. The lowest BCUT2D eigenvalue weighted by Crippen LogP contribution is -2.40. The molecule has 37 heavy (non-hydrogen) atoms. The summed E-state index contributed by atoms with van der Waals surface area (Å²) >= 11 is 0. The molecular formula is C27H35N5O4S. The number of anilines is 2. The van der Waals surface area contributed by atoms with Gasteiger partial charge in [-0.1, -0.05) is 26.0 Å². The molecule has 0 spiro atoms. The Kier molecular flexibility index (Phi) is 6.91. The average Bonchev–Trinajstić information content (AvgIpc) is 3.13. The van der Waals surface area contributed by atoms with Gasteiger partial charge in [0.1, 0.15) is 0 Å². The fraction of sp³-hybridized carbons (Fsp3) is 0.444. The van der Waals surface area contributed by atoms with Gasteiger partial charge in [-0.05, 0) is 55.5 Å². The predicted octanol–water partition coefficient (Wildman–Crippen LogP) is 3.75. The van der Waals surface area contributed by atoms with Crippen molar-refractivity contribution in [1.29, 1.82) is 0 Å². The molecule has 9 nitrogen and oxygen atoms in total. The van der Waals surface area contributed by atoms with Crippen molar-refractivity contribution in [1.82, 2.24) is 9.47 Å². The monoisotopic (exact) mass is 525 g/mol. The van der Waals surface area contributed by atoms with Crippen molar-refractivity contribution < 1.29 is 17.9 Å². The number of fused-ring (bicyclic) bond motifs is 1. The van der Waals surface area contributed by atoms with Gasteiger partial charge in [-0.25, -0.2) is 18.7 Å². The molecule has 2 heterocycles. The van der Waals surface area contributed by atoms with E-state index in [0.717, 1.165) is 45.8 Å². The summed E-state index contributed by atoms with van der Waals surface area (Å²) in [5, 5.41) is 0.907. The molecule has 5 rings (SSSR count). The molecule has 0 radical (unpaired) electrons. The Bertz CT molecular complexity index is 1400. The van der Waals surface area contributed by atoms with Crippen LogP contribution in [0.4, 0.5) is 11.4 Å². The minimum atomic E-state index is -3.62. The number of nitrogens with zero attached hydrogens (tertiary/aromatic N) is 3. The van der Waals surface area contributed by atoms with Gasteiger partial charge in [-0.3, -0.25) is 4.79 Å². The molecule has 3 aromatic rings. The Morgan fingerprint density at radius 2 is 1.78 bits per heavy atom. The van der Waals surface area contributed by atoms with Crippen LogP contribution in [-0.4, -0.2) is 55.8 Å². The van der Waals surface area contributed by atoms with Crippen LogP contribution < -0.4 is 16.0 Å². The van der Waals surface area contributed by atoms with Gasteiger partial charge < -0.3 is 19.9 Å². The van der Waals surface area contributed by atoms with Crippen LogP contribution >= 0.6 is 0 Å². The lowest BCUT2D eigenvalue weighted by Gasteiger charge is -2.30. The van der Waals surface area contributed by atoms with Crippen LogP contribution in [-0.2, 0) is 14.8 Å². The number of carbonyl (C=O) groups is 1. The molecule has 198 valence electrons. The van der Waals surface area contributed by atoms with E-state index in [1.807, 2.05) is 49.1 Å². The van der Waals surface area contributed by atoms with Crippen molar-refractivity contribution in [2.45, 2.75) is 39.2 Å². The third kappa shape index (κ3) is 4.81. The lowest BCUT2D eigenvalue weighted by atomic mass is 9.92. The molecule has 0 bridgehead atoms. The van der Waals surface area contributed by atoms with Crippen LogP contribution in [0.1, 0.15) is 49.5 Å². The molecule has 10 heteroatoms. The molecule has 1 aromatic heterocycles. The molecule has 2 fully saturated rings. The number of rotatable bonds is 7. The maximum Gasteiger partial charge on any atom is 0.254 e. The van der Waals surface area contributed by atoms with Crippen molar-refractivity contribution in [3.8, 4) is 11.3 Å². The molecule has 0 unspecified atom stereocenters. The van der Waals surface area contributed by atoms with E-state index in [1.54, 1.807) is 12.1 Å². The number of benzene rings is 2. The second kappa shape index (κ2) is 10.00. The first kappa shape index (κ1) is 25.6. The van der Waals surface area contributed by atoms with Gasteiger partial charge in [-0.15, -0.1) is 0 Å². The van der Waals surface area contributed by atoms with Gasteiger partial charge in [-0.2, -0.15) is 0 Å². The molecule has 1 saturated carbocycles. The second-order valence-corrected chi connectivity index (χ2v) is 12.3. The van der Waals surface area contributed by atoms with Gasteiger partial charge in [0.05, 0.1) is 41.6 Å². The standard InChI is InChI=1S/C27H35N5O4S/c1-18(2)17-37(34,35)32(29)22-9-6-19(7-10-22)26-25(28)23-11-8-20(27(33)30-12-14-36-15-13-30)16-24(23)31(26)21-4-3-5-21/h6-11,16,18,21H,3-5,12-15,17,28-29H2,1-2H3. The van der Waals surface area contributed by atoms with E-state index in [0.29, 0.717) is 49.3 Å². The first-order chi connectivity index (χ1) is 17.7. The van der Waals surface area contributed by atoms with Gasteiger partial charge in [0.2, 0.25) is 10.0 Å². The van der Waals surface area contributed by atoms with E-state index < -0.39 is 10.0 Å². The topological polar surface area (TPSA) is 124 Å². The summed E-state index contributed by atoms with van der Waals surface area (Å²) in [5.41, 5.74) is 11.1. The summed E-state index contributed by atoms with van der Waals surface area (Å²) in [6.07, 6.45) is 3.23. The highest BCUT2D eigenvalue weighted by atomic mass is 32.2. The number of aromatic nitrogens is 1. The van der Waals surface area contributed by atoms with E-state index in [-0.39, 0.29) is 17.6 Å². The Morgan fingerprint density at radius 1 is 1.11 bits per heavy atom. The molecule has 2 aliphatic rings. The Hall–Kier alpha value is -3.08. The summed E-state index contributed by atoms with van der Waals surface area (Å²) in [7, 11) is -3.62. The fourth-order valence-corrected chi connectivity index (χ4v) is 6.61. The van der Waals surface area contributed by atoms with Gasteiger partial charge in [0.25, 0.3) is 5.91 Å². The van der Waals surface area contributed by atoms with Crippen molar-refractivity contribution in [3.63, 3.8) is 0 Å². The summed E-state index contributed by atoms with van der Waals surface area (Å²) in [6, 6.07) is 13.2. The summed E-state index contributed by atoms with van der Waals surface area (Å²) in [5.74, 6) is 5.93. The van der Waals surface area contributed by atoms with Crippen molar-refractivity contribution >= 4 is 38.2 Å². The molecule has 2 aromatic carbocycles. The van der Waals surface area contributed by atoms with Crippen LogP contribution in [0, 0.1) is 5.92 Å². The van der Waals surface area contributed by atoms with Gasteiger partial charge in [0.15, 0.2) is 0 Å². The Morgan fingerprint density at radius 3 is 2.38 bits per heavy atom. The molecule has 1 saturated heterocycles. The minimum absolute atomic E-state index is 0.00155. The zero-order valence-electron chi connectivity index (χ0n) is 21.4. The molecule has 4 N–H and O–H groups in total. The molecular weight excluding hydrogens is 490 g/mol. The van der Waals surface area contributed by atoms with Crippen LogP contribution in [0.2, 0.25) is 0 Å². The summed E-state index contributed by atoms with van der Waals surface area (Å²) in [4.78, 5) is 15.0. The lowest BCUT2D eigenvalue weighted by molar-refractivity contribution is 0.0303. The van der Waals surface area contributed by atoms with E-state index in [1.165, 1.54) is 0 Å². The summed E-state index contributed by atoms with van der Waals surface area (Å²) < 4.78 is 33.7. The van der Waals surface area contributed by atoms with Gasteiger partial charge >= 0.3 is 0 Å². The number of morpholine rings is 1. The Balaban J connectivity index is 1.54. The van der Waals surface area contributed by atoms with Crippen LogP contribution in [0.25, 0.3) is 22.2 Å². The van der Waals surface area contributed by atoms with E-state index in [9.17, 15) is 13.2 Å². The SMILES string of the molecule is CC(C)CS(=O)(=O)N(N)c1ccc(-c2c(N)c3ccc(C(=O)N4CCOCC4)cc3n2C2CCC2)cc1. The molecule has 1 aliphatic heterocycles. The molecule has 0 atom stereocenters. The number of nitrogens with two attached hydrogens (primary N) is 2. The maximum atomic E-state index is 13.2. The number of sulfonamides is 1. The number of amides is 1. The third-order valence-electron chi connectivity index (χ3n) is 7.27. The van der Waals surface area contributed by atoms with Crippen molar-refractivity contribution in [3.05, 3.63) is 48.0 Å².